The van der Waals surface area contributed by atoms with Crippen LogP contribution >= 0.6 is 23.2 Å². The van der Waals surface area contributed by atoms with Gasteiger partial charge in [0.15, 0.2) is 5.75 Å². The van der Waals surface area contributed by atoms with Gasteiger partial charge >= 0.3 is 6.03 Å². The van der Waals surface area contributed by atoms with Crippen molar-refractivity contribution in [2.24, 2.45) is 0 Å². The lowest BCUT2D eigenvalue weighted by Crippen LogP contribution is -2.54. The predicted octanol–water partition coefficient (Wildman–Crippen LogP) is 5.46. The Hall–Kier alpha value is -4.21. The van der Waals surface area contributed by atoms with E-state index in [1.807, 2.05) is 6.92 Å². The van der Waals surface area contributed by atoms with E-state index in [2.05, 4.69) is 5.32 Å². The van der Waals surface area contributed by atoms with Crippen LogP contribution in [0.5, 0.6) is 5.75 Å². The quantitative estimate of drug-likeness (QED) is 0.197. The highest BCUT2D eigenvalue weighted by atomic mass is 35.5. The molecule has 1 N–H and O–H groups in total. The fourth-order valence-electron chi connectivity index (χ4n) is 3.47. The number of hydrogen-bond acceptors (Lipinski definition) is 6. The number of anilines is 1. The average Bonchev–Trinajstić information content (AvgIpc) is 2.82. The van der Waals surface area contributed by atoms with Crippen LogP contribution in [0, 0.1) is 17.0 Å². The van der Waals surface area contributed by atoms with Crippen molar-refractivity contribution in [3.05, 3.63) is 103 Å². The lowest BCUT2D eigenvalue weighted by atomic mass is 10.1. The summed E-state index contributed by atoms with van der Waals surface area (Å²) in [6, 6.07) is 14.6. The van der Waals surface area contributed by atoms with E-state index in [1.165, 1.54) is 36.4 Å². The van der Waals surface area contributed by atoms with Crippen molar-refractivity contribution in [3.63, 3.8) is 0 Å². The van der Waals surface area contributed by atoms with Gasteiger partial charge in [0.05, 0.1) is 20.7 Å². The zero-order valence-corrected chi connectivity index (χ0v) is 20.2. The van der Waals surface area contributed by atoms with Crippen LogP contribution in [0.2, 0.25) is 10.0 Å². The second-order valence-corrected chi connectivity index (χ2v) is 8.64. The van der Waals surface area contributed by atoms with Gasteiger partial charge in [-0.1, -0.05) is 53.0 Å². The van der Waals surface area contributed by atoms with Crippen LogP contribution in [0.3, 0.4) is 0 Å². The number of urea groups is 1. The summed E-state index contributed by atoms with van der Waals surface area (Å²) in [7, 11) is 0. The van der Waals surface area contributed by atoms with E-state index in [0.29, 0.717) is 16.8 Å². The molecule has 0 atom stereocenters. The molecular weight excluding hydrogens is 509 g/mol. The largest absolute Gasteiger partial charge is 0.486 e. The number of nitro benzene ring substituents is 1. The maximum absolute atomic E-state index is 13.0. The summed E-state index contributed by atoms with van der Waals surface area (Å²) in [6.45, 7) is 1.83. The number of amides is 4. The molecule has 0 aromatic heterocycles. The molecule has 3 aromatic carbocycles. The van der Waals surface area contributed by atoms with E-state index < -0.39 is 22.8 Å². The molecule has 1 saturated heterocycles. The Balaban J connectivity index is 1.59. The number of hydrogen-bond donors (Lipinski definition) is 1. The van der Waals surface area contributed by atoms with Gasteiger partial charge in [0.2, 0.25) is 0 Å². The molecule has 0 spiro atoms. The minimum absolute atomic E-state index is 0.0317. The molecule has 0 aliphatic carbocycles. The number of carbonyl (C=O) groups excluding carboxylic acids is 3. The second-order valence-electron chi connectivity index (χ2n) is 7.82. The van der Waals surface area contributed by atoms with Gasteiger partial charge in [0.1, 0.15) is 12.2 Å². The van der Waals surface area contributed by atoms with Crippen LogP contribution < -0.4 is 15.0 Å². The molecule has 0 radical (unpaired) electrons. The van der Waals surface area contributed by atoms with Crippen molar-refractivity contribution in [1.82, 2.24) is 5.32 Å². The molecule has 11 heteroatoms. The number of nitrogens with zero attached hydrogens (tertiary/aromatic N) is 2. The van der Waals surface area contributed by atoms with Gasteiger partial charge in [-0.3, -0.25) is 25.0 Å². The molecule has 36 heavy (non-hydrogen) atoms. The molecular formula is C25H17Cl2N3O6. The van der Waals surface area contributed by atoms with Crippen LogP contribution in [0.25, 0.3) is 6.08 Å². The Morgan fingerprint density at radius 2 is 1.69 bits per heavy atom. The number of carbonyl (C=O) groups is 3. The molecule has 3 aromatic rings. The topological polar surface area (TPSA) is 119 Å². The number of nitrogens with one attached hydrogen (secondary N) is 1. The predicted molar refractivity (Wildman–Crippen MR) is 134 cm³/mol. The standard InChI is InChI=1S/C25H17Cl2N3O6/c1-14-5-7-17(8-6-14)29-24(32)19(23(31)28-25(29)33)10-16-11-20(26)22(21(27)12-16)36-13-15-3-2-4-18(9-15)30(34)35/h2-12H,13H2,1H3,(H,28,31,33)/b19-10+. The van der Waals surface area contributed by atoms with Crippen molar-refractivity contribution in [2.45, 2.75) is 13.5 Å². The number of imide groups is 2. The first-order chi connectivity index (χ1) is 17.1. The zero-order chi connectivity index (χ0) is 26.0. The molecule has 4 amide bonds. The number of non-ortho nitro benzene ring substituents is 1. The van der Waals surface area contributed by atoms with Gasteiger partial charge in [-0.2, -0.15) is 0 Å². The van der Waals surface area contributed by atoms with Crippen molar-refractivity contribution < 1.29 is 24.0 Å². The molecule has 1 aliphatic rings. The SMILES string of the molecule is Cc1ccc(N2C(=O)NC(=O)/C(=C\c3cc(Cl)c(OCc4cccc([N+](=O)[O-])c4)c(Cl)c3)C2=O)cc1. The van der Waals surface area contributed by atoms with Gasteiger partial charge < -0.3 is 4.74 Å². The molecule has 4 rings (SSSR count). The maximum atomic E-state index is 13.0. The van der Waals surface area contributed by atoms with Crippen LogP contribution in [-0.4, -0.2) is 22.8 Å². The number of barbiturate groups is 1. The van der Waals surface area contributed by atoms with Gasteiger partial charge in [-0.25, -0.2) is 9.69 Å². The summed E-state index contributed by atoms with van der Waals surface area (Å²) in [4.78, 5) is 49.1. The molecule has 182 valence electrons. The Morgan fingerprint density at radius 3 is 2.33 bits per heavy atom. The fourth-order valence-corrected chi connectivity index (χ4v) is 4.08. The molecule has 1 aliphatic heterocycles. The smallest absolute Gasteiger partial charge is 0.335 e. The Labute approximate surface area is 215 Å². The van der Waals surface area contributed by atoms with E-state index in [9.17, 15) is 24.5 Å². The average molecular weight is 526 g/mol. The van der Waals surface area contributed by atoms with E-state index in [4.69, 9.17) is 27.9 Å². The van der Waals surface area contributed by atoms with Crippen molar-refractivity contribution in [2.75, 3.05) is 4.90 Å². The zero-order valence-electron chi connectivity index (χ0n) is 18.7. The number of halogens is 2. The highest BCUT2D eigenvalue weighted by molar-refractivity contribution is 6.40. The van der Waals surface area contributed by atoms with Gasteiger partial charge in [-0.15, -0.1) is 0 Å². The van der Waals surface area contributed by atoms with Crippen LogP contribution in [0.4, 0.5) is 16.2 Å². The van der Waals surface area contributed by atoms with Crippen molar-refractivity contribution in [3.8, 4) is 5.75 Å². The number of aryl methyl sites for hydroxylation is 1. The van der Waals surface area contributed by atoms with Crippen LogP contribution in [0.1, 0.15) is 16.7 Å². The van der Waals surface area contributed by atoms with E-state index >= 15 is 0 Å². The number of nitro groups is 1. The van der Waals surface area contributed by atoms with Gasteiger partial charge in [-0.05, 0) is 48.4 Å². The first-order valence-corrected chi connectivity index (χ1v) is 11.2. The highest BCUT2D eigenvalue weighted by Crippen LogP contribution is 2.36. The third-order valence-electron chi connectivity index (χ3n) is 5.23. The molecule has 0 unspecified atom stereocenters. The van der Waals surface area contributed by atoms with E-state index in [1.54, 1.807) is 30.3 Å². The Morgan fingerprint density at radius 1 is 1.03 bits per heavy atom. The van der Waals surface area contributed by atoms with E-state index in [0.717, 1.165) is 10.5 Å². The first kappa shape index (κ1) is 24.9. The molecule has 0 bridgehead atoms. The van der Waals surface area contributed by atoms with Crippen LogP contribution in [0.15, 0.2) is 66.2 Å². The second kappa shape index (κ2) is 10.2. The maximum Gasteiger partial charge on any atom is 0.335 e. The van der Waals surface area contributed by atoms with Crippen molar-refractivity contribution in [1.29, 1.82) is 0 Å². The summed E-state index contributed by atoms with van der Waals surface area (Å²) < 4.78 is 5.67. The fraction of sp³-hybridized carbons (Fsp3) is 0.0800. The Kier molecular flexibility index (Phi) is 7.05. The monoisotopic (exact) mass is 525 g/mol. The number of rotatable bonds is 6. The lowest BCUT2D eigenvalue weighted by molar-refractivity contribution is -0.384. The molecule has 1 heterocycles. The highest BCUT2D eigenvalue weighted by Gasteiger charge is 2.36. The van der Waals surface area contributed by atoms with Gasteiger partial charge in [0, 0.05) is 12.1 Å². The molecule has 0 saturated carbocycles. The van der Waals surface area contributed by atoms with Crippen LogP contribution in [-0.2, 0) is 16.2 Å². The summed E-state index contributed by atoms with van der Waals surface area (Å²) in [6.07, 6.45) is 1.27. The Bertz CT molecular complexity index is 1410. The first-order valence-electron chi connectivity index (χ1n) is 10.5. The minimum atomic E-state index is -0.855. The van der Waals surface area contributed by atoms with Gasteiger partial charge in [0.25, 0.3) is 17.5 Å². The normalized spacial score (nSPS) is 14.7. The summed E-state index contributed by atoms with van der Waals surface area (Å²) in [5.74, 6) is -1.53. The lowest BCUT2D eigenvalue weighted by Gasteiger charge is -2.26. The molecule has 1 fully saturated rings. The number of ether oxygens (including phenoxy) is 1. The van der Waals surface area contributed by atoms with Crippen molar-refractivity contribution >= 4 is 58.5 Å². The summed E-state index contributed by atoms with van der Waals surface area (Å²) in [5.41, 5.74) is 1.74. The summed E-state index contributed by atoms with van der Waals surface area (Å²) >= 11 is 12.7. The third kappa shape index (κ3) is 5.22. The molecule has 9 nitrogen and oxygen atoms in total. The van der Waals surface area contributed by atoms with E-state index in [-0.39, 0.29) is 33.7 Å². The number of benzene rings is 3. The minimum Gasteiger partial charge on any atom is -0.486 e. The third-order valence-corrected chi connectivity index (χ3v) is 5.79. The summed E-state index contributed by atoms with van der Waals surface area (Å²) in [5, 5.41) is 13.3.